The van der Waals surface area contributed by atoms with Crippen LogP contribution in [0.2, 0.25) is 5.02 Å². The molecule has 3 aromatic rings. The number of imidazole rings is 1. The van der Waals surface area contributed by atoms with Gasteiger partial charge in [-0.1, -0.05) is 29.8 Å². The smallest absolute Gasteiger partial charge is 0.224 e. The molecule has 6 heteroatoms. The zero-order chi connectivity index (χ0) is 16.9. The van der Waals surface area contributed by atoms with Crippen LogP contribution in [0.4, 0.5) is 4.39 Å². The molecule has 124 valence electrons. The SMILES string of the molecule is O=C(Cc1c(F)cccc1Cl)NCCCn1cnc2ccccc21. The molecule has 0 saturated heterocycles. The van der Waals surface area contributed by atoms with Gasteiger partial charge in [0.1, 0.15) is 5.82 Å². The molecule has 0 radical (unpaired) electrons. The van der Waals surface area contributed by atoms with Gasteiger partial charge in [0, 0.05) is 23.7 Å². The molecule has 0 aliphatic heterocycles. The van der Waals surface area contributed by atoms with Crippen molar-refractivity contribution in [2.24, 2.45) is 0 Å². The Hall–Kier alpha value is -2.40. The van der Waals surface area contributed by atoms with Crippen molar-refractivity contribution in [1.82, 2.24) is 14.9 Å². The number of halogens is 2. The van der Waals surface area contributed by atoms with Gasteiger partial charge in [-0.05, 0) is 30.7 Å². The number of aryl methyl sites for hydroxylation is 1. The molecule has 0 aliphatic carbocycles. The van der Waals surface area contributed by atoms with Gasteiger partial charge in [0.05, 0.1) is 23.8 Å². The molecule has 0 fully saturated rings. The van der Waals surface area contributed by atoms with E-state index < -0.39 is 5.82 Å². The molecule has 2 aromatic carbocycles. The van der Waals surface area contributed by atoms with Crippen molar-refractivity contribution in [2.75, 3.05) is 6.54 Å². The maximum Gasteiger partial charge on any atom is 0.224 e. The van der Waals surface area contributed by atoms with Crippen molar-refractivity contribution < 1.29 is 9.18 Å². The molecule has 1 N–H and O–H groups in total. The molecule has 0 saturated carbocycles. The number of aromatic nitrogens is 2. The van der Waals surface area contributed by atoms with E-state index >= 15 is 0 Å². The molecule has 0 aliphatic rings. The Morgan fingerprint density at radius 3 is 2.88 bits per heavy atom. The molecule has 0 atom stereocenters. The lowest BCUT2D eigenvalue weighted by molar-refractivity contribution is -0.120. The lowest BCUT2D eigenvalue weighted by Crippen LogP contribution is -2.27. The third kappa shape index (κ3) is 3.74. The molecule has 0 spiro atoms. The lowest BCUT2D eigenvalue weighted by atomic mass is 10.1. The number of amides is 1. The molecular formula is C18H17ClFN3O. The standard InChI is InChI=1S/C18H17ClFN3O/c19-14-5-3-6-15(20)13(14)11-18(24)21-9-4-10-23-12-22-16-7-1-2-8-17(16)23/h1-3,5-8,12H,4,9-11H2,(H,21,24). The van der Waals surface area contributed by atoms with Gasteiger partial charge < -0.3 is 9.88 Å². The summed E-state index contributed by atoms with van der Waals surface area (Å²) in [4.78, 5) is 16.3. The fraction of sp³-hybridized carbons (Fsp3) is 0.222. The highest BCUT2D eigenvalue weighted by Crippen LogP contribution is 2.19. The summed E-state index contributed by atoms with van der Waals surface area (Å²) in [7, 11) is 0. The zero-order valence-corrected chi connectivity index (χ0v) is 13.8. The number of rotatable bonds is 6. The number of hydrogen-bond donors (Lipinski definition) is 1. The highest BCUT2D eigenvalue weighted by Gasteiger charge is 2.11. The monoisotopic (exact) mass is 345 g/mol. The zero-order valence-electron chi connectivity index (χ0n) is 13.0. The first-order valence-corrected chi connectivity index (χ1v) is 8.12. The molecular weight excluding hydrogens is 329 g/mol. The predicted octanol–water partition coefficient (Wildman–Crippen LogP) is 3.58. The second-order valence-electron chi connectivity index (χ2n) is 5.51. The summed E-state index contributed by atoms with van der Waals surface area (Å²) in [5.41, 5.74) is 2.26. The number of nitrogens with zero attached hydrogens (tertiary/aromatic N) is 2. The van der Waals surface area contributed by atoms with Crippen molar-refractivity contribution >= 4 is 28.5 Å². The molecule has 1 heterocycles. The first kappa shape index (κ1) is 16.5. The number of nitrogens with one attached hydrogen (secondary N) is 1. The summed E-state index contributed by atoms with van der Waals surface area (Å²) in [6, 6.07) is 12.3. The van der Waals surface area contributed by atoms with E-state index in [2.05, 4.69) is 14.9 Å². The normalized spacial score (nSPS) is 10.9. The molecule has 1 aromatic heterocycles. The topological polar surface area (TPSA) is 46.9 Å². The quantitative estimate of drug-likeness (QED) is 0.694. The molecule has 3 rings (SSSR count). The highest BCUT2D eigenvalue weighted by atomic mass is 35.5. The van der Waals surface area contributed by atoms with Crippen LogP contribution in [0.1, 0.15) is 12.0 Å². The van der Waals surface area contributed by atoms with Crippen LogP contribution in [0.15, 0.2) is 48.8 Å². The molecule has 24 heavy (non-hydrogen) atoms. The average molecular weight is 346 g/mol. The molecule has 0 unspecified atom stereocenters. The predicted molar refractivity (Wildman–Crippen MR) is 92.5 cm³/mol. The van der Waals surface area contributed by atoms with Gasteiger partial charge in [-0.25, -0.2) is 9.37 Å². The first-order valence-electron chi connectivity index (χ1n) is 7.74. The number of fused-ring (bicyclic) bond motifs is 1. The Kier molecular flexibility index (Phi) is 5.11. The summed E-state index contributed by atoms with van der Waals surface area (Å²) in [6.45, 7) is 1.26. The van der Waals surface area contributed by atoms with E-state index in [1.165, 1.54) is 12.1 Å². The van der Waals surface area contributed by atoms with Crippen LogP contribution in [0, 0.1) is 5.82 Å². The molecule has 4 nitrogen and oxygen atoms in total. The van der Waals surface area contributed by atoms with Crippen molar-refractivity contribution in [3.8, 4) is 0 Å². The number of carbonyl (C=O) groups is 1. The second kappa shape index (κ2) is 7.45. The average Bonchev–Trinajstić information content (AvgIpc) is 2.98. The lowest BCUT2D eigenvalue weighted by Gasteiger charge is -2.08. The Labute approximate surface area is 144 Å². The van der Waals surface area contributed by atoms with Crippen LogP contribution in [-0.2, 0) is 17.8 Å². The Morgan fingerprint density at radius 2 is 2.04 bits per heavy atom. The van der Waals surface area contributed by atoms with Crippen molar-refractivity contribution in [2.45, 2.75) is 19.4 Å². The minimum Gasteiger partial charge on any atom is -0.356 e. The van der Waals surface area contributed by atoms with Crippen LogP contribution in [0.5, 0.6) is 0 Å². The fourth-order valence-corrected chi connectivity index (χ4v) is 2.82. The summed E-state index contributed by atoms with van der Waals surface area (Å²) in [6.07, 6.45) is 2.50. The third-order valence-electron chi connectivity index (χ3n) is 3.82. The first-order chi connectivity index (χ1) is 11.6. The van der Waals surface area contributed by atoms with Gasteiger partial charge in [-0.3, -0.25) is 4.79 Å². The largest absolute Gasteiger partial charge is 0.356 e. The van der Waals surface area contributed by atoms with E-state index in [1.807, 2.05) is 24.3 Å². The van der Waals surface area contributed by atoms with Crippen LogP contribution in [0.25, 0.3) is 11.0 Å². The van der Waals surface area contributed by atoms with Gasteiger partial charge in [0.15, 0.2) is 0 Å². The van der Waals surface area contributed by atoms with Crippen LogP contribution >= 0.6 is 11.6 Å². The maximum absolute atomic E-state index is 13.7. The van der Waals surface area contributed by atoms with Crippen molar-refractivity contribution in [3.63, 3.8) is 0 Å². The van der Waals surface area contributed by atoms with Gasteiger partial charge in [0.25, 0.3) is 0 Å². The minimum atomic E-state index is -0.456. The summed E-state index contributed by atoms with van der Waals surface area (Å²) >= 11 is 5.93. The van der Waals surface area contributed by atoms with E-state index in [9.17, 15) is 9.18 Å². The number of benzene rings is 2. The Morgan fingerprint density at radius 1 is 1.21 bits per heavy atom. The van der Waals surface area contributed by atoms with Gasteiger partial charge in [-0.15, -0.1) is 0 Å². The maximum atomic E-state index is 13.7. The van der Waals surface area contributed by atoms with Gasteiger partial charge >= 0.3 is 0 Å². The van der Waals surface area contributed by atoms with E-state index in [0.29, 0.717) is 6.54 Å². The minimum absolute atomic E-state index is 0.0560. The number of hydrogen-bond acceptors (Lipinski definition) is 2. The molecule has 1 amide bonds. The van der Waals surface area contributed by atoms with Crippen LogP contribution in [0.3, 0.4) is 0 Å². The van der Waals surface area contributed by atoms with Gasteiger partial charge in [-0.2, -0.15) is 0 Å². The summed E-state index contributed by atoms with van der Waals surface area (Å²) in [5, 5.41) is 3.07. The van der Waals surface area contributed by atoms with Gasteiger partial charge in [0.2, 0.25) is 5.91 Å². The fourth-order valence-electron chi connectivity index (χ4n) is 2.59. The number of para-hydroxylation sites is 2. The summed E-state index contributed by atoms with van der Waals surface area (Å²) < 4.78 is 15.7. The third-order valence-corrected chi connectivity index (χ3v) is 4.18. The second-order valence-corrected chi connectivity index (χ2v) is 5.91. The van der Waals surface area contributed by atoms with E-state index in [4.69, 9.17) is 11.6 Å². The molecule has 0 bridgehead atoms. The van der Waals surface area contributed by atoms with Crippen molar-refractivity contribution in [1.29, 1.82) is 0 Å². The Bertz CT molecular complexity index is 842. The Balaban J connectivity index is 1.49. The summed E-state index contributed by atoms with van der Waals surface area (Å²) in [5.74, 6) is -0.694. The number of carbonyl (C=O) groups excluding carboxylic acids is 1. The van der Waals surface area contributed by atoms with Crippen molar-refractivity contribution in [3.05, 3.63) is 65.2 Å². The highest BCUT2D eigenvalue weighted by molar-refractivity contribution is 6.31. The van der Waals surface area contributed by atoms with E-state index in [1.54, 1.807) is 12.4 Å². The van der Waals surface area contributed by atoms with E-state index in [-0.39, 0.29) is 22.9 Å². The van der Waals surface area contributed by atoms with Crippen LogP contribution in [-0.4, -0.2) is 22.0 Å². The van der Waals surface area contributed by atoms with E-state index in [0.717, 1.165) is 24.0 Å². The van der Waals surface area contributed by atoms with Crippen LogP contribution < -0.4 is 5.32 Å².